The third-order valence-corrected chi connectivity index (χ3v) is 11.5. The maximum absolute atomic E-state index is 6.45. The zero-order valence-corrected chi connectivity index (χ0v) is 30.1. The van der Waals surface area contributed by atoms with E-state index in [1.807, 2.05) is 78.1 Å². The van der Waals surface area contributed by atoms with Crippen molar-refractivity contribution >= 4 is 120 Å². The first-order chi connectivity index (χ1) is 26.8. The highest BCUT2D eigenvalue weighted by Crippen LogP contribution is 2.41. The fraction of sp³-hybridized carbons (Fsp3) is 0. The van der Waals surface area contributed by atoms with Gasteiger partial charge in [0.15, 0.2) is 17.5 Å². The Kier molecular flexibility index (Phi) is 7.93. The number of fused-ring (bicyclic) bond motifs is 6. The fourth-order valence-corrected chi connectivity index (χ4v) is 8.59. The minimum Gasteiger partial charge on any atom is -0.456 e. The van der Waals surface area contributed by atoms with Crippen molar-refractivity contribution in [3.05, 3.63) is 133 Å². The van der Waals surface area contributed by atoms with Crippen molar-refractivity contribution in [2.45, 2.75) is 0 Å². The molecular formula is C45H22B5N3OS. The van der Waals surface area contributed by atoms with Crippen molar-refractivity contribution in [1.29, 1.82) is 0 Å². The first-order valence-electron chi connectivity index (χ1n) is 17.6. The molecule has 4 nitrogen and oxygen atoms in total. The van der Waals surface area contributed by atoms with Gasteiger partial charge in [0.2, 0.25) is 0 Å². The average Bonchev–Trinajstić information content (AvgIpc) is 3.80. The van der Waals surface area contributed by atoms with Gasteiger partial charge in [-0.2, -0.15) is 0 Å². The van der Waals surface area contributed by atoms with Gasteiger partial charge in [-0.05, 0) is 52.6 Å². The Bertz CT molecular complexity index is 3130. The van der Waals surface area contributed by atoms with Gasteiger partial charge in [0.1, 0.15) is 50.4 Å². The summed E-state index contributed by atoms with van der Waals surface area (Å²) >= 11 is 1.83. The third-order valence-electron chi connectivity index (χ3n) is 10.2. The van der Waals surface area contributed by atoms with Crippen LogP contribution in [-0.4, -0.2) is 54.2 Å². The summed E-state index contributed by atoms with van der Waals surface area (Å²) in [6.45, 7) is 0. The van der Waals surface area contributed by atoms with E-state index < -0.39 is 0 Å². The Hall–Kier alpha value is -6.11. The van der Waals surface area contributed by atoms with Gasteiger partial charge in [-0.25, -0.2) is 15.0 Å². The second kappa shape index (κ2) is 13.0. The molecule has 0 atom stereocenters. The van der Waals surface area contributed by atoms with Gasteiger partial charge < -0.3 is 4.42 Å². The Labute approximate surface area is 327 Å². The smallest absolute Gasteiger partial charge is 0.164 e. The summed E-state index contributed by atoms with van der Waals surface area (Å²) < 4.78 is 9.02. The molecule has 0 N–H and O–H groups in total. The number of hydrogen-bond acceptors (Lipinski definition) is 5. The molecule has 0 amide bonds. The van der Waals surface area contributed by atoms with Crippen LogP contribution >= 0.6 is 11.3 Å². The molecule has 10 heteroatoms. The minimum absolute atomic E-state index is 0.174. The molecule has 55 heavy (non-hydrogen) atoms. The summed E-state index contributed by atoms with van der Waals surface area (Å²) in [5.41, 5.74) is 8.72. The van der Waals surface area contributed by atoms with Crippen LogP contribution < -0.4 is 27.3 Å². The monoisotopic (exact) mass is 707 g/mol. The van der Waals surface area contributed by atoms with Crippen LogP contribution in [0.1, 0.15) is 0 Å². The van der Waals surface area contributed by atoms with Crippen molar-refractivity contribution in [3.8, 4) is 56.4 Å². The van der Waals surface area contributed by atoms with Crippen molar-refractivity contribution in [2.24, 2.45) is 0 Å². The highest BCUT2D eigenvalue weighted by Gasteiger charge is 2.18. The van der Waals surface area contributed by atoms with E-state index >= 15 is 0 Å². The topological polar surface area (TPSA) is 51.8 Å². The second-order valence-electron chi connectivity index (χ2n) is 13.5. The maximum atomic E-state index is 6.45. The lowest BCUT2D eigenvalue weighted by molar-refractivity contribution is 0.669. The molecule has 0 saturated heterocycles. The molecule has 3 heterocycles. The van der Waals surface area contributed by atoms with E-state index in [1.165, 1.54) is 25.7 Å². The van der Waals surface area contributed by atoms with Crippen LogP contribution in [0.3, 0.4) is 0 Å². The quantitative estimate of drug-likeness (QED) is 0.194. The lowest BCUT2D eigenvalue weighted by atomic mass is 9.59. The number of nitrogens with zero attached hydrogens (tertiary/aromatic N) is 3. The molecule has 10 aromatic rings. The molecule has 7 aromatic carbocycles. The van der Waals surface area contributed by atoms with Crippen molar-refractivity contribution in [2.75, 3.05) is 0 Å². The Balaban J connectivity index is 1.06. The van der Waals surface area contributed by atoms with E-state index in [0.717, 1.165) is 49.8 Å². The molecular weight excluding hydrogens is 685 g/mol. The summed E-state index contributed by atoms with van der Waals surface area (Å²) in [7, 11) is 31.0. The van der Waals surface area contributed by atoms with E-state index in [1.54, 1.807) is 0 Å². The van der Waals surface area contributed by atoms with Crippen LogP contribution in [0.2, 0.25) is 0 Å². The van der Waals surface area contributed by atoms with Crippen LogP contribution in [0.15, 0.2) is 138 Å². The molecule has 0 aliphatic heterocycles. The van der Waals surface area contributed by atoms with E-state index in [0.29, 0.717) is 23.0 Å². The molecule has 10 radical (unpaired) electrons. The maximum Gasteiger partial charge on any atom is 0.164 e. The van der Waals surface area contributed by atoms with E-state index in [9.17, 15) is 0 Å². The van der Waals surface area contributed by atoms with Gasteiger partial charge in [0.05, 0.1) is 0 Å². The molecule has 0 spiro atoms. The summed E-state index contributed by atoms with van der Waals surface area (Å²) in [6, 6.07) is 45.1. The number of rotatable bonds is 5. The molecule has 0 aliphatic rings. The highest BCUT2D eigenvalue weighted by molar-refractivity contribution is 7.26. The number of benzene rings is 7. The van der Waals surface area contributed by atoms with Crippen LogP contribution in [0.5, 0.6) is 0 Å². The summed E-state index contributed by atoms with van der Waals surface area (Å²) in [5, 5.41) is 4.61. The van der Waals surface area contributed by atoms with Crippen LogP contribution in [0, 0.1) is 0 Å². The Morgan fingerprint density at radius 1 is 0.400 bits per heavy atom. The number of aromatic nitrogens is 3. The predicted molar refractivity (Wildman–Crippen MR) is 234 cm³/mol. The van der Waals surface area contributed by atoms with Crippen LogP contribution in [-0.2, 0) is 0 Å². The molecule has 0 aliphatic carbocycles. The average molecular weight is 707 g/mol. The third kappa shape index (κ3) is 5.54. The summed E-state index contributed by atoms with van der Waals surface area (Å²) in [6.07, 6.45) is 0. The first kappa shape index (κ1) is 33.5. The van der Waals surface area contributed by atoms with Gasteiger partial charge in [-0.1, -0.05) is 114 Å². The zero-order chi connectivity index (χ0) is 37.4. The van der Waals surface area contributed by atoms with Crippen molar-refractivity contribution in [3.63, 3.8) is 0 Å². The zero-order valence-electron chi connectivity index (χ0n) is 29.2. The van der Waals surface area contributed by atoms with Crippen LogP contribution in [0.4, 0.5) is 0 Å². The lowest BCUT2D eigenvalue weighted by Gasteiger charge is -2.21. The van der Waals surface area contributed by atoms with Crippen molar-refractivity contribution < 1.29 is 4.42 Å². The number of hydrogen-bond donors (Lipinski definition) is 0. The second-order valence-corrected chi connectivity index (χ2v) is 14.5. The van der Waals surface area contributed by atoms with Gasteiger partial charge in [-0.15, -0.1) is 27.7 Å². The van der Waals surface area contributed by atoms with E-state index in [-0.39, 0.29) is 27.3 Å². The molecule has 0 bridgehead atoms. The Morgan fingerprint density at radius 2 is 0.982 bits per heavy atom. The Morgan fingerprint density at radius 3 is 1.73 bits per heavy atom. The first-order valence-corrected chi connectivity index (χ1v) is 18.4. The van der Waals surface area contributed by atoms with Gasteiger partial charge >= 0.3 is 0 Å². The van der Waals surface area contributed by atoms with Gasteiger partial charge in [0.25, 0.3) is 0 Å². The van der Waals surface area contributed by atoms with Gasteiger partial charge in [0, 0.05) is 47.6 Å². The van der Waals surface area contributed by atoms with E-state index in [4.69, 9.17) is 58.6 Å². The summed E-state index contributed by atoms with van der Waals surface area (Å²) in [5.74, 6) is 1.56. The highest BCUT2D eigenvalue weighted by atomic mass is 32.1. The summed E-state index contributed by atoms with van der Waals surface area (Å²) in [4.78, 5) is 14.8. The largest absolute Gasteiger partial charge is 0.456 e. The molecule has 0 unspecified atom stereocenters. The fourth-order valence-electron chi connectivity index (χ4n) is 7.36. The SMILES string of the molecule is [B]c1c([B])c([B])c(-c2ccc(-c3nc(-c4ccccc4)nc(-c4ccc5c(c4)oc4ccc(-c6cccc7c6sc6ccccc67)cc45)n3)cc2)c([B])c1[B]. The molecule has 0 saturated carbocycles. The normalized spacial score (nSPS) is 11.6. The van der Waals surface area contributed by atoms with Crippen molar-refractivity contribution in [1.82, 2.24) is 15.0 Å². The standard InChI is InChI=1S/C45H22B5N3OS/c46-37-36(38(47)40(49)41(50)39(37)48)23-13-15-25(16-14-23)44-51-43(24-7-2-1-3-8-24)52-45(53-44)27-17-19-29-32-21-26(18-20-33(32)54-34(29)22-27)28-10-6-11-31-30-9-4-5-12-35(30)55-42(28)31/h1-22H. The molecule has 10 rings (SSSR count). The molecule has 0 fully saturated rings. The predicted octanol–water partition coefficient (Wildman–Crippen LogP) is 6.44. The number of thiophene rings is 1. The van der Waals surface area contributed by atoms with E-state index in [2.05, 4.69) is 66.7 Å². The minimum atomic E-state index is 0.174. The molecule has 3 aromatic heterocycles. The lowest BCUT2D eigenvalue weighted by Crippen LogP contribution is -2.55. The number of furan rings is 1. The van der Waals surface area contributed by atoms with Gasteiger partial charge in [-0.3, -0.25) is 0 Å². The molecule has 244 valence electrons. The van der Waals surface area contributed by atoms with Crippen LogP contribution in [0.25, 0.3) is 98.5 Å².